The molecule has 7 heteroatoms. The Labute approximate surface area is 131 Å². The first-order valence-corrected chi connectivity index (χ1v) is 7.03. The molecule has 0 bridgehead atoms. The van der Waals surface area contributed by atoms with Gasteiger partial charge in [0.25, 0.3) is 0 Å². The number of aliphatic hydroxyl groups excluding tert-OH is 1. The van der Waals surface area contributed by atoms with Gasteiger partial charge in [-0.3, -0.25) is 4.79 Å². The Balaban J connectivity index is 2.12. The molecule has 0 unspecified atom stereocenters. The van der Waals surface area contributed by atoms with E-state index < -0.39 is 23.6 Å². The lowest BCUT2D eigenvalue weighted by molar-refractivity contribution is -0.129. The summed E-state index contributed by atoms with van der Waals surface area (Å²) in [7, 11) is 0. The largest absolute Gasteiger partial charge is 0.436 e. The fourth-order valence-corrected chi connectivity index (χ4v) is 1.80. The number of rotatable bonds is 6. The number of aromatic nitrogens is 1. The number of nitrogens with zero attached hydrogens (tertiary/aromatic N) is 1. The van der Waals surface area contributed by atoms with Crippen LogP contribution >= 0.6 is 0 Å². The average molecular weight is 322 g/mol. The highest BCUT2D eigenvalue weighted by Gasteiger charge is 2.14. The molecule has 2 N–H and O–H groups in total. The molecule has 0 saturated carbocycles. The highest BCUT2D eigenvalue weighted by molar-refractivity contribution is 5.80. The van der Waals surface area contributed by atoms with Gasteiger partial charge in [0.2, 0.25) is 11.8 Å². The van der Waals surface area contributed by atoms with Crippen LogP contribution in [0.15, 0.2) is 36.5 Å². The lowest BCUT2D eigenvalue weighted by atomic mass is 10.2. The van der Waals surface area contributed by atoms with Crippen molar-refractivity contribution in [3.8, 4) is 11.6 Å². The fraction of sp³-hybridized carbons (Fsp3) is 0.250. The molecule has 2 aromatic rings. The van der Waals surface area contributed by atoms with Crippen LogP contribution in [0.2, 0.25) is 0 Å². The van der Waals surface area contributed by atoms with Crippen LogP contribution in [0.5, 0.6) is 11.6 Å². The number of carbonyl (C=O) groups excluding carboxylic acids is 1. The third kappa shape index (κ3) is 4.46. The maximum Gasteiger partial charge on any atom is 0.249 e. The summed E-state index contributed by atoms with van der Waals surface area (Å²) >= 11 is 0. The topological polar surface area (TPSA) is 71.5 Å². The van der Waals surface area contributed by atoms with Crippen molar-refractivity contribution >= 4 is 5.91 Å². The zero-order valence-electron chi connectivity index (χ0n) is 12.4. The van der Waals surface area contributed by atoms with Crippen LogP contribution in [0.4, 0.5) is 8.78 Å². The molecule has 0 saturated heterocycles. The first-order chi connectivity index (χ1) is 11.0. The van der Waals surface area contributed by atoms with E-state index in [-0.39, 0.29) is 18.2 Å². The maximum absolute atomic E-state index is 13.6. The Morgan fingerprint density at radius 3 is 2.87 bits per heavy atom. The Kier molecular flexibility index (Phi) is 5.59. The molecule has 0 spiro atoms. The highest BCUT2D eigenvalue weighted by Crippen LogP contribution is 2.25. The molecule has 1 heterocycles. The van der Waals surface area contributed by atoms with Crippen molar-refractivity contribution in [2.24, 2.45) is 0 Å². The lowest BCUT2D eigenvalue weighted by Crippen LogP contribution is -2.33. The van der Waals surface area contributed by atoms with Crippen LogP contribution in [0.25, 0.3) is 0 Å². The van der Waals surface area contributed by atoms with Gasteiger partial charge < -0.3 is 15.2 Å². The van der Waals surface area contributed by atoms with Crippen molar-refractivity contribution in [1.82, 2.24) is 10.3 Å². The first-order valence-electron chi connectivity index (χ1n) is 7.03. The Morgan fingerprint density at radius 1 is 1.39 bits per heavy atom. The molecule has 1 aromatic carbocycles. The molecule has 0 radical (unpaired) electrons. The molecule has 0 fully saturated rings. The zero-order chi connectivity index (χ0) is 16.8. The van der Waals surface area contributed by atoms with Gasteiger partial charge in [-0.25, -0.2) is 13.8 Å². The van der Waals surface area contributed by atoms with Gasteiger partial charge in [-0.1, -0.05) is 13.0 Å². The number of ether oxygens (including phenoxy) is 1. The predicted octanol–water partition coefficient (Wildman–Crippen LogP) is 2.54. The first kappa shape index (κ1) is 16.8. The summed E-state index contributed by atoms with van der Waals surface area (Å²) in [5, 5.41) is 12.0. The monoisotopic (exact) mass is 322 g/mol. The van der Waals surface area contributed by atoms with E-state index >= 15 is 0 Å². The predicted molar refractivity (Wildman–Crippen MR) is 78.8 cm³/mol. The van der Waals surface area contributed by atoms with Gasteiger partial charge in [-0.2, -0.15) is 0 Å². The van der Waals surface area contributed by atoms with E-state index in [1.165, 1.54) is 6.20 Å². The van der Waals surface area contributed by atoms with E-state index in [1.54, 1.807) is 19.1 Å². The number of halogens is 2. The highest BCUT2D eigenvalue weighted by atomic mass is 19.1. The Bertz CT molecular complexity index is 695. The van der Waals surface area contributed by atoms with Crippen molar-refractivity contribution in [3.05, 3.63) is 53.7 Å². The average Bonchev–Trinajstić information content (AvgIpc) is 2.55. The molecule has 1 aromatic heterocycles. The second-order valence-corrected chi connectivity index (χ2v) is 4.79. The number of hydrogen-bond acceptors (Lipinski definition) is 4. The SMILES string of the molecule is CC[C@H](O)C(=O)NCc1cccnc1Oc1ccc(F)cc1F. The third-order valence-corrected chi connectivity index (χ3v) is 3.09. The van der Waals surface area contributed by atoms with E-state index in [4.69, 9.17) is 4.74 Å². The molecular formula is C16H16F2N2O3. The zero-order valence-corrected chi connectivity index (χ0v) is 12.4. The Hall–Kier alpha value is -2.54. The van der Waals surface area contributed by atoms with E-state index in [0.717, 1.165) is 12.1 Å². The lowest BCUT2D eigenvalue weighted by Gasteiger charge is -2.12. The van der Waals surface area contributed by atoms with Crippen LogP contribution in [0, 0.1) is 11.6 Å². The molecule has 1 atom stereocenters. The standard InChI is InChI=1S/C16H16F2N2O3/c1-2-13(21)15(22)20-9-10-4-3-7-19-16(10)23-14-6-5-11(17)8-12(14)18/h3-8,13,21H,2,9H2,1H3,(H,20,22)/t13-/m0/s1. The van der Waals surface area contributed by atoms with Crippen molar-refractivity contribution < 1.29 is 23.4 Å². The number of pyridine rings is 1. The molecule has 23 heavy (non-hydrogen) atoms. The normalized spacial score (nSPS) is 11.8. The second-order valence-electron chi connectivity index (χ2n) is 4.79. The van der Waals surface area contributed by atoms with E-state index in [0.29, 0.717) is 18.1 Å². The van der Waals surface area contributed by atoms with E-state index in [1.807, 2.05) is 0 Å². The van der Waals surface area contributed by atoms with Gasteiger partial charge in [0.05, 0.1) is 0 Å². The minimum atomic E-state index is -1.09. The smallest absolute Gasteiger partial charge is 0.249 e. The second kappa shape index (κ2) is 7.64. The minimum absolute atomic E-state index is 0.0574. The summed E-state index contributed by atoms with van der Waals surface area (Å²) in [6.07, 6.45) is 0.650. The van der Waals surface area contributed by atoms with Gasteiger partial charge in [-0.15, -0.1) is 0 Å². The van der Waals surface area contributed by atoms with Gasteiger partial charge in [-0.05, 0) is 24.6 Å². The molecule has 0 aliphatic rings. The minimum Gasteiger partial charge on any atom is -0.436 e. The summed E-state index contributed by atoms with van der Waals surface area (Å²) in [6, 6.07) is 6.20. The third-order valence-electron chi connectivity index (χ3n) is 3.09. The molecular weight excluding hydrogens is 306 g/mol. The number of hydrogen-bond donors (Lipinski definition) is 2. The quantitative estimate of drug-likeness (QED) is 0.857. The van der Waals surface area contributed by atoms with Gasteiger partial charge in [0.1, 0.15) is 11.9 Å². The van der Waals surface area contributed by atoms with Gasteiger partial charge in [0, 0.05) is 24.4 Å². The van der Waals surface area contributed by atoms with Crippen molar-refractivity contribution in [2.45, 2.75) is 26.0 Å². The molecule has 5 nitrogen and oxygen atoms in total. The van der Waals surface area contributed by atoms with Crippen LogP contribution in [0.1, 0.15) is 18.9 Å². The van der Waals surface area contributed by atoms with Crippen LogP contribution in [-0.2, 0) is 11.3 Å². The van der Waals surface area contributed by atoms with E-state index in [2.05, 4.69) is 10.3 Å². The molecule has 0 aliphatic heterocycles. The number of nitrogens with one attached hydrogen (secondary N) is 1. The number of amides is 1. The van der Waals surface area contributed by atoms with Gasteiger partial charge >= 0.3 is 0 Å². The van der Waals surface area contributed by atoms with Crippen molar-refractivity contribution in [1.29, 1.82) is 0 Å². The summed E-state index contributed by atoms with van der Waals surface area (Å²) in [6.45, 7) is 1.74. The summed E-state index contributed by atoms with van der Waals surface area (Å²) in [4.78, 5) is 15.6. The maximum atomic E-state index is 13.6. The summed E-state index contributed by atoms with van der Waals surface area (Å²) in [5.41, 5.74) is 0.493. The number of benzene rings is 1. The molecule has 0 aliphatic carbocycles. The van der Waals surface area contributed by atoms with Crippen LogP contribution in [0.3, 0.4) is 0 Å². The number of carbonyl (C=O) groups is 1. The van der Waals surface area contributed by atoms with Crippen molar-refractivity contribution in [3.63, 3.8) is 0 Å². The molecule has 122 valence electrons. The van der Waals surface area contributed by atoms with E-state index in [9.17, 15) is 18.7 Å². The van der Waals surface area contributed by atoms with Crippen LogP contribution in [-0.4, -0.2) is 22.1 Å². The molecule has 1 amide bonds. The number of aliphatic hydroxyl groups is 1. The summed E-state index contributed by atoms with van der Waals surface area (Å²) < 4.78 is 31.9. The van der Waals surface area contributed by atoms with Crippen LogP contribution < -0.4 is 10.1 Å². The Morgan fingerprint density at radius 2 is 2.17 bits per heavy atom. The fourth-order valence-electron chi connectivity index (χ4n) is 1.80. The van der Waals surface area contributed by atoms with Gasteiger partial charge in [0.15, 0.2) is 11.6 Å². The summed E-state index contributed by atoms with van der Waals surface area (Å²) in [5.74, 6) is -2.17. The van der Waals surface area contributed by atoms with Crippen molar-refractivity contribution in [2.75, 3.05) is 0 Å². The molecule has 2 rings (SSSR count).